The van der Waals surface area contributed by atoms with Gasteiger partial charge in [0.25, 0.3) is 0 Å². The van der Waals surface area contributed by atoms with Gasteiger partial charge in [0.15, 0.2) is 0 Å². The largest absolute Gasteiger partial charge is 0.508 e. The zero-order valence-electron chi connectivity index (χ0n) is 16.3. The number of carbonyl (C=O) groups is 1. The minimum absolute atomic E-state index is 0.329. The molecular formula is C23H28O4. The maximum absolute atomic E-state index is 9.10. The predicted molar refractivity (Wildman–Crippen MR) is 110 cm³/mol. The molecule has 4 nitrogen and oxygen atoms in total. The van der Waals surface area contributed by atoms with E-state index in [9.17, 15) is 0 Å². The van der Waals surface area contributed by atoms with Gasteiger partial charge in [-0.25, -0.2) is 0 Å². The minimum atomic E-state index is 0.329. The molecule has 0 aromatic heterocycles. The van der Waals surface area contributed by atoms with E-state index in [0.717, 1.165) is 16.7 Å². The van der Waals surface area contributed by atoms with E-state index in [-0.39, 0.29) is 0 Å². The average Bonchev–Trinajstić information content (AvgIpc) is 2.64. The Hall–Kier alpha value is -3.27. The van der Waals surface area contributed by atoms with Crippen LogP contribution in [0.3, 0.4) is 0 Å². The van der Waals surface area contributed by atoms with Gasteiger partial charge in [0, 0.05) is 0 Å². The third-order valence-electron chi connectivity index (χ3n) is 3.40. The minimum Gasteiger partial charge on any atom is -0.508 e. The fourth-order valence-corrected chi connectivity index (χ4v) is 1.89. The molecule has 4 heteroatoms. The monoisotopic (exact) mass is 368 g/mol. The topological polar surface area (TPSA) is 77.8 Å². The summed E-state index contributed by atoms with van der Waals surface area (Å²) in [4.78, 5) is 8.00. The summed E-state index contributed by atoms with van der Waals surface area (Å²) in [7, 11) is 0. The predicted octanol–water partition coefficient (Wildman–Crippen LogP) is 5.23. The lowest BCUT2D eigenvalue weighted by Crippen LogP contribution is -1.74. The smallest absolute Gasteiger partial charge is 0.118 e. The van der Waals surface area contributed by atoms with Gasteiger partial charge in [-0.2, -0.15) is 0 Å². The number of carbonyl (C=O) groups excluding carboxylic acids is 1. The molecule has 0 radical (unpaired) electrons. The van der Waals surface area contributed by atoms with Gasteiger partial charge >= 0.3 is 0 Å². The Labute approximate surface area is 161 Å². The molecule has 0 spiro atoms. The Morgan fingerprint density at radius 3 is 1.48 bits per heavy atom. The van der Waals surface area contributed by atoms with Crippen molar-refractivity contribution in [2.75, 3.05) is 0 Å². The van der Waals surface area contributed by atoms with Crippen molar-refractivity contribution < 1.29 is 20.1 Å². The van der Waals surface area contributed by atoms with E-state index >= 15 is 0 Å². The number of aromatic hydroxyl groups is 3. The molecule has 3 aromatic carbocycles. The summed E-state index contributed by atoms with van der Waals surface area (Å²) in [6.07, 6.45) is 0. The molecule has 3 rings (SSSR count). The highest BCUT2D eigenvalue weighted by atomic mass is 16.3. The highest BCUT2D eigenvalue weighted by Gasteiger charge is 1.92. The van der Waals surface area contributed by atoms with Crippen LogP contribution < -0.4 is 0 Å². The summed E-state index contributed by atoms with van der Waals surface area (Å²) in [5, 5.41) is 26.7. The quantitative estimate of drug-likeness (QED) is 0.508. The van der Waals surface area contributed by atoms with Gasteiger partial charge in [-0.3, -0.25) is 0 Å². The second kappa shape index (κ2) is 13.0. The molecule has 0 amide bonds. The van der Waals surface area contributed by atoms with E-state index in [2.05, 4.69) is 0 Å². The number of benzene rings is 3. The van der Waals surface area contributed by atoms with Crippen LogP contribution in [-0.2, 0) is 4.79 Å². The fourth-order valence-electron chi connectivity index (χ4n) is 1.89. The van der Waals surface area contributed by atoms with E-state index in [1.165, 1.54) is 5.56 Å². The van der Waals surface area contributed by atoms with Gasteiger partial charge in [0.05, 0.1) is 0 Å². The molecule has 3 N–H and O–H groups in total. The van der Waals surface area contributed by atoms with Gasteiger partial charge in [0.1, 0.15) is 24.0 Å². The van der Waals surface area contributed by atoms with Crippen LogP contribution in [0.2, 0.25) is 0 Å². The Bertz CT molecular complexity index is 757. The Kier molecular flexibility index (Phi) is 11.4. The molecule has 3 aromatic rings. The van der Waals surface area contributed by atoms with Gasteiger partial charge in [-0.1, -0.05) is 42.0 Å². The number of phenolic OH excluding ortho intramolecular Hbond substituents is 3. The van der Waals surface area contributed by atoms with Crippen LogP contribution >= 0.6 is 0 Å². The van der Waals surface area contributed by atoms with Crippen LogP contribution in [0.5, 0.6) is 17.2 Å². The van der Waals surface area contributed by atoms with Crippen LogP contribution in [0.1, 0.15) is 22.3 Å². The zero-order chi connectivity index (χ0) is 20.8. The molecule has 0 fully saturated rings. The van der Waals surface area contributed by atoms with Crippen molar-refractivity contribution in [3.63, 3.8) is 0 Å². The molecule has 0 saturated heterocycles. The average molecular weight is 368 g/mol. The number of aryl methyl sites for hydroxylation is 4. The molecule has 144 valence electrons. The number of hydrogen-bond acceptors (Lipinski definition) is 4. The lowest BCUT2D eigenvalue weighted by molar-refractivity contribution is -0.0979. The SMILES string of the molecule is C=O.Cc1ccc(C)c(O)c1.Cc1ccc(O)cc1.Cc1cccc(O)c1. The molecule has 0 bridgehead atoms. The van der Waals surface area contributed by atoms with Crippen molar-refractivity contribution in [1.29, 1.82) is 0 Å². The summed E-state index contributed by atoms with van der Waals surface area (Å²) >= 11 is 0. The highest BCUT2D eigenvalue weighted by Crippen LogP contribution is 2.16. The van der Waals surface area contributed by atoms with Crippen LogP contribution in [-0.4, -0.2) is 22.1 Å². The molecule has 0 atom stereocenters. The van der Waals surface area contributed by atoms with Gasteiger partial charge in [0.2, 0.25) is 0 Å². The second-order valence-electron chi connectivity index (χ2n) is 5.96. The molecule has 0 aliphatic rings. The molecular weight excluding hydrogens is 340 g/mol. The summed E-state index contributed by atoms with van der Waals surface area (Å²) in [6.45, 7) is 9.77. The highest BCUT2D eigenvalue weighted by molar-refractivity contribution is 5.34. The molecule has 0 unspecified atom stereocenters. The Balaban J connectivity index is 0.000000359. The van der Waals surface area contributed by atoms with Gasteiger partial charge in [-0.15, -0.1) is 0 Å². The summed E-state index contributed by atoms with van der Waals surface area (Å²) in [6, 6.07) is 19.9. The van der Waals surface area contributed by atoms with Crippen molar-refractivity contribution in [2.24, 2.45) is 0 Å². The molecule has 0 heterocycles. The first-order valence-electron chi connectivity index (χ1n) is 8.34. The fraction of sp³-hybridized carbons (Fsp3) is 0.174. The number of rotatable bonds is 0. The van der Waals surface area contributed by atoms with Gasteiger partial charge < -0.3 is 20.1 Å². The maximum atomic E-state index is 9.10. The van der Waals surface area contributed by atoms with E-state index in [1.807, 2.05) is 70.9 Å². The van der Waals surface area contributed by atoms with E-state index in [4.69, 9.17) is 20.1 Å². The first kappa shape index (κ1) is 23.7. The van der Waals surface area contributed by atoms with Gasteiger partial charge in [-0.05, 0) is 74.7 Å². The summed E-state index contributed by atoms with van der Waals surface area (Å²) in [5.74, 6) is 1.05. The molecule has 27 heavy (non-hydrogen) atoms. The summed E-state index contributed by atoms with van der Waals surface area (Å²) in [5.41, 5.74) is 4.28. The maximum Gasteiger partial charge on any atom is 0.118 e. The standard InChI is InChI=1S/C8H10O.2C7H8O.CH2O/c1-6-3-4-7(2)8(9)5-6;1-6-2-4-7(8)5-3-6;1-6-3-2-4-7(8)5-6;1-2/h3-5,9H,1-2H3;2*2-5,8H,1H3;1H2. The van der Waals surface area contributed by atoms with Crippen molar-refractivity contribution in [1.82, 2.24) is 0 Å². The summed E-state index contributed by atoms with van der Waals surface area (Å²) < 4.78 is 0. The zero-order valence-corrected chi connectivity index (χ0v) is 16.3. The molecule has 0 aliphatic heterocycles. The van der Waals surface area contributed by atoms with Crippen molar-refractivity contribution >= 4 is 6.79 Å². The second-order valence-corrected chi connectivity index (χ2v) is 5.96. The van der Waals surface area contributed by atoms with E-state index in [0.29, 0.717) is 17.2 Å². The Morgan fingerprint density at radius 1 is 0.593 bits per heavy atom. The normalized spacial score (nSPS) is 8.74. The first-order valence-corrected chi connectivity index (χ1v) is 8.34. The lowest BCUT2D eigenvalue weighted by atomic mass is 10.1. The Morgan fingerprint density at radius 2 is 1.11 bits per heavy atom. The lowest BCUT2D eigenvalue weighted by Gasteiger charge is -1.97. The van der Waals surface area contributed by atoms with E-state index < -0.39 is 0 Å². The molecule has 0 saturated carbocycles. The number of phenols is 3. The van der Waals surface area contributed by atoms with Crippen LogP contribution in [0, 0.1) is 27.7 Å². The third-order valence-corrected chi connectivity index (χ3v) is 3.40. The molecule has 0 aliphatic carbocycles. The van der Waals surface area contributed by atoms with Crippen molar-refractivity contribution in [3.05, 3.63) is 89.0 Å². The van der Waals surface area contributed by atoms with Crippen molar-refractivity contribution in [2.45, 2.75) is 27.7 Å². The third kappa shape index (κ3) is 11.1. The van der Waals surface area contributed by atoms with Crippen LogP contribution in [0.25, 0.3) is 0 Å². The number of hydrogen-bond donors (Lipinski definition) is 3. The first-order chi connectivity index (χ1) is 12.8. The van der Waals surface area contributed by atoms with E-state index in [1.54, 1.807) is 30.3 Å². The van der Waals surface area contributed by atoms with Crippen LogP contribution in [0.15, 0.2) is 66.7 Å². The van der Waals surface area contributed by atoms with Crippen LogP contribution in [0.4, 0.5) is 0 Å². The van der Waals surface area contributed by atoms with Crippen molar-refractivity contribution in [3.8, 4) is 17.2 Å².